The highest BCUT2D eigenvalue weighted by Gasteiger charge is 2.18. The average molecular weight is 510 g/mol. The third kappa shape index (κ3) is 5.04. The zero-order valence-electron chi connectivity index (χ0n) is 21.1. The first kappa shape index (κ1) is 24.5. The van der Waals surface area contributed by atoms with Crippen LogP contribution in [0, 0.1) is 0 Å². The molecule has 0 atom stereocenters. The molecule has 6 nitrogen and oxygen atoms in total. The van der Waals surface area contributed by atoms with Gasteiger partial charge in [-0.2, -0.15) is 0 Å². The predicted octanol–water partition coefficient (Wildman–Crippen LogP) is 7.42. The maximum absolute atomic E-state index is 13.5. The van der Waals surface area contributed by atoms with E-state index in [-0.39, 0.29) is 5.91 Å². The van der Waals surface area contributed by atoms with Gasteiger partial charge in [-0.25, -0.2) is 9.97 Å². The van der Waals surface area contributed by atoms with E-state index in [0.717, 1.165) is 22.2 Å². The van der Waals surface area contributed by atoms with E-state index in [2.05, 4.69) is 48.4 Å². The number of para-hydroxylation sites is 1. The van der Waals surface area contributed by atoms with Crippen LogP contribution in [0.3, 0.4) is 0 Å². The second-order valence-electron chi connectivity index (χ2n) is 8.91. The van der Waals surface area contributed by atoms with Gasteiger partial charge in [-0.05, 0) is 35.7 Å². The van der Waals surface area contributed by atoms with Gasteiger partial charge < -0.3 is 9.47 Å². The third-order valence-corrected chi connectivity index (χ3v) is 7.00. The Morgan fingerprint density at radius 3 is 2.41 bits per heavy atom. The number of ether oxygens (including phenoxy) is 2. The van der Waals surface area contributed by atoms with Crippen molar-refractivity contribution in [3.8, 4) is 34.0 Å². The highest BCUT2D eigenvalue weighted by molar-refractivity contribution is 7.14. The van der Waals surface area contributed by atoms with E-state index < -0.39 is 0 Å². The van der Waals surface area contributed by atoms with E-state index in [1.54, 1.807) is 26.4 Å². The molecule has 0 fully saturated rings. The van der Waals surface area contributed by atoms with Crippen molar-refractivity contribution in [1.82, 2.24) is 9.97 Å². The van der Waals surface area contributed by atoms with Gasteiger partial charge in [0, 0.05) is 28.0 Å². The quantitative estimate of drug-likeness (QED) is 0.247. The fourth-order valence-corrected chi connectivity index (χ4v) is 4.89. The van der Waals surface area contributed by atoms with Crippen molar-refractivity contribution in [2.24, 2.45) is 0 Å². The van der Waals surface area contributed by atoms with Crippen molar-refractivity contribution in [3.63, 3.8) is 0 Å². The Bertz CT molecular complexity index is 1580. The van der Waals surface area contributed by atoms with E-state index in [9.17, 15) is 4.79 Å². The number of pyridine rings is 1. The lowest BCUT2D eigenvalue weighted by atomic mass is 10.0. The number of carbonyl (C=O) groups is 1. The first-order valence-corrected chi connectivity index (χ1v) is 12.8. The van der Waals surface area contributed by atoms with Gasteiger partial charge in [0.15, 0.2) is 5.13 Å². The Hall–Kier alpha value is -4.23. The second kappa shape index (κ2) is 10.4. The minimum Gasteiger partial charge on any atom is -0.497 e. The van der Waals surface area contributed by atoms with Crippen LogP contribution >= 0.6 is 11.3 Å². The van der Waals surface area contributed by atoms with Crippen molar-refractivity contribution in [2.45, 2.75) is 19.8 Å². The Balaban J connectivity index is 1.48. The lowest BCUT2D eigenvalue weighted by Gasteiger charge is -2.13. The summed E-state index contributed by atoms with van der Waals surface area (Å²) >= 11 is 1.40. The standard InChI is InChI=1S/C30H27N3O3S/c1-18(2)19-9-11-20(12-10-19)27-17-37-30(32-27)33-29(34)24-16-26(31-25-8-6-5-7-22(24)25)23-14-13-21(35-3)15-28(23)36-4/h5-18H,1-4H3,(H,32,33,34). The van der Waals surface area contributed by atoms with Gasteiger partial charge in [0.05, 0.1) is 36.7 Å². The van der Waals surface area contributed by atoms with Gasteiger partial charge in [-0.15, -0.1) is 11.3 Å². The summed E-state index contributed by atoms with van der Waals surface area (Å²) in [6.45, 7) is 4.34. The fourth-order valence-electron chi connectivity index (χ4n) is 4.18. The van der Waals surface area contributed by atoms with Gasteiger partial charge in [0.2, 0.25) is 0 Å². The lowest BCUT2D eigenvalue weighted by molar-refractivity contribution is 0.102. The number of thiazole rings is 1. The molecule has 5 aromatic rings. The van der Waals surface area contributed by atoms with Crippen LogP contribution in [0.1, 0.15) is 35.7 Å². The summed E-state index contributed by atoms with van der Waals surface area (Å²) < 4.78 is 10.9. The van der Waals surface area contributed by atoms with Crippen LogP contribution in [0.15, 0.2) is 78.2 Å². The van der Waals surface area contributed by atoms with Gasteiger partial charge >= 0.3 is 0 Å². The monoisotopic (exact) mass is 509 g/mol. The summed E-state index contributed by atoms with van der Waals surface area (Å²) in [5.74, 6) is 1.51. The Morgan fingerprint density at radius 2 is 1.68 bits per heavy atom. The molecular formula is C30H27N3O3S. The van der Waals surface area contributed by atoms with E-state index >= 15 is 0 Å². The van der Waals surface area contributed by atoms with Crippen LogP contribution in [0.5, 0.6) is 11.5 Å². The molecule has 0 saturated heterocycles. The molecule has 5 rings (SSSR count). The molecule has 0 aliphatic heterocycles. The van der Waals surface area contributed by atoms with Crippen LogP contribution in [0.2, 0.25) is 0 Å². The van der Waals surface area contributed by atoms with E-state index in [1.807, 2.05) is 41.8 Å². The molecule has 37 heavy (non-hydrogen) atoms. The molecule has 0 aliphatic carbocycles. The minimum atomic E-state index is -0.247. The van der Waals surface area contributed by atoms with E-state index in [0.29, 0.717) is 39.3 Å². The van der Waals surface area contributed by atoms with Crippen LogP contribution in [0.25, 0.3) is 33.4 Å². The Morgan fingerprint density at radius 1 is 0.892 bits per heavy atom. The molecule has 1 amide bonds. The zero-order chi connectivity index (χ0) is 25.9. The van der Waals surface area contributed by atoms with Gasteiger partial charge in [0.25, 0.3) is 5.91 Å². The molecule has 0 spiro atoms. The number of rotatable bonds is 7. The van der Waals surface area contributed by atoms with Gasteiger partial charge in [-0.3, -0.25) is 10.1 Å². The highest BCUT2D eigenvalue weighted by Crippen LogP contribution is 2.35. The Labute approximate surface area is 219 Å². The number of benzene rings is 3. The molecule has 0 radical (unpaired) electrons. The van der Waals surface area contributed by atoms with Crippen LogP contribution < -0.4 is 14.8 Å². The van der Waals surface area contributed by atoms with Crippen LogP contribution in [0.4, 0.5) is 5.13 Å². The number of fused-ring (bicyclic) bond motifs is 1. The highest BCUT2D eigenvalue weighted by atomic mass is 32.1. The molecule has 2 heterocycles. The summed E-state index contributed by atoms with van der Waals surface area (Å²) in [5, 5.41) is 6.24. The number of carbonyl (C=O) groups excluding carboxylic acids is 1. The Kier molecular flexibility index (Phi) is 6.88. The number of amides is 1. The largest absolute Gasteiger partial charge is 0.497 e. The molecule has 0 bridgehead atoms. The second-order valence-corrected chi connectivity index (χ2v) is 9.77. The summed E-state index contributed by atoms with van der Waals surface area (Å²) in [4.78, 5) is 23.0. The first-order chi connectivity index (χ1) is 18.0. The van der Waals surface area contributed by atoms with Crippen LogP contribution in [-0.4, -0.2) is 30.1 Å². The molecule has 0 unspecified atom stereocenters. The summed E-state index contributed by atoms with van der Waals surface area (Å²) in [5.41, 5.74) is 5.76. The number of nitrogens with zero attached hydrogens (tertiary/aromatic N) is 2. The van der Waals surface area contributed by atoms with E-state index in [1.165, 1.54) is 16.9 Å². The maximum Gasteiger partial charge on any atom is 0.258 e. The average Bonchev–Trinajstić information content (AvgIpc) is 3.40. The number of anilines is 1. The minimum absolute atomic E-state index is 0.247. The number of hydrogen-bond donors (Lipinski definition) is 1. The molecule has 3 aromatic carbocycles. The molecule has 7 heteroatoms. The van der Waals surface area contributed by atoms with Crippen LogP contribution in [-0.2, 0) is 0 Å². The van der Waals surface area contributed by atoms with Crippen molar-refractivity contribution < 1.29 is 14.3 Å². The number of nitrogens with one attached hydrogen (secondary N) is 1. The molecule has 0 saturated carbocycles. The van der Waals surface area contributed by atoms with Crippen molar-refractivity contribution in [3.05, 3.63) is 89.3 Å². The molecule has 0 aliphatic rings. The normalized spacial score (nSPS) is 11.1. The van der Waals surface area contributed by atoms with E-state index in [4.69, 9.17) is 14.5 Å². The SMILES string of the molecule is COc1ccc(-c2cc(C(=O)Nc3nc(-c4ccc(C(C)C)cc4)cs3)c3ccccc3n2)c(OC)c1. The van der Waals surface area contributed by atoms with Crippen molar-refractivity contribution >= 4 is 33.3 Å². The van der Waals surface area contributed by atoms with Gasteiger partial charge in [0.1, 0.15) is 11.5 Å². The number of aromatic nitrogens is 2. The number of hydrogen-bond acceptors (Lipinski definition) is 6. The van der Waals surface area contributed by atoms with Crippen molar-refractivity contribution in [2.75, 3.05) is 19.5 Å². The smallest absolute Gasteiger partial charge is 0.258 e. The molecule has 1 N–H and O–H groups in total. The van der Waals surface area contributed by atoms with Crippen molar-refractivity contribution in [1.29, 1.82) is 0 Å². The molecular weight excluding hydrogens is 482 g/mol. The first-order valence-electron chi connectivity index (χ1n) is 12.0. The van der Waals surface area contributed by atoms with Gasteiger partial charge in [-0.1, -0.05) is 56.3 Å². The number of methoxy groups -OCH3 is 2. The predicted molar refractivity (Wildman–Crippen MR) is 150 cm³/mol. The summed E-state index contributed by atoms with van der Waals surface area (Å²) in [6, 6.07) is 23.3. The lowest BCUT2D eigenvalue weighted by Crippen LogP contribution is -2.13. The summed E-state index contributed by atoms with van der Waals surface area (Å²) in [7, 11) is 3.21. The zero-order valence-corrected chi connectivity index (χ0v) is 21.9. The third-order valence-electron chi connectivity index (χ3n) is 6.24. The topological polar surface area (TPSA) is 73.3 Å². The molecule has 186 valence electrons. The maximum atomic E-state index is 13.5. The molecule has 2 aromatic heterocycles. The summed E-state index contributed by atoms with van der Waals surface area (Å²) in [6.07, 6.45) is 0. The fraction of sp³-hybridized carbons (Fsp3) is 0.167.